The van der Waals surface area contributed by atoms with E-state index < -0.39 is 0 Å². The molecule has 0 amide bonds. The Bertz CT molecular complexity index is 402. The number of hydrogen-bond donors (Lipinski definition) is 1. The normalized spacial score (nSPS) is 10.6. The topological polar surface area (TPSA) is 30.5 Å². The van der Waals surface area contributed by atoms with E-state index >= 15 is 0 Å². The lowest BCUT2D eigenvalue weighted by Crippen LogP contribution is -2.15. The second kappa shape index (κ2) is 10.4. The maximum atomic E-state index is 5.73. The standard InChI is InChI=1S/C15H24BrNO2S/c1-4-7-19-15-13(16)9-12(10-14(15)18-2)11-17-6-5-8-20-3/h9-10,17H,4-8,11H2,1-3H3. The van der Waals surface area contributed by atoms with Crippen LogP contribution in [0.25, 0.3) is 0 Å². The Labute approximate surface area is 134 Å². The Hall–Kier alpha value is -0.390. The maximum Gasteiger partial charge on any atom is 0.175 e. The molecule has 0 radical (unpaired) electrons. The van der Waals surface area contributed by atoms with E-state index in [0.29, 0.717) is 6.61 Å². The van der Waals surface area contributed by atoms with Gasteiger partial charge in [-0.05, 0) is 65.0 Å². The van der Waals surface area contributed by atoms with E-state index in [1.54, 1.807) is 7.11 Å². The van der Waals surface area contributed by atoms with Crippen LogP contribution in [0.1, 0.15) is 25.3 Å². The van der Waals surface area contributed by atoms with Crippen molar-refractivity contribution < 1.29 is 9.47 Å². The summed E-state index contributed by atoms with van der Waals surface area (Å²) in [6.45, 7) is 4.67. The van der Waals surface area contributed by atoms with E-state index in [9.17, 15) is 0 Å². The molecule has 0 saturated heterocycles. The van der Waals surface area contributed by atoms with Crippen LogP contribution < -0.4 is 14.8 Å². The third kappa shape index (κ3) is 5.94. The predicted molar refractivity (Wildman–Crippen MR) is 91.2 cm³/mol. The number of rotatable bonds is 10. The average Bonchev–Trinajstić information content (AvgIpc) is 2.45. The number of nitrogens with one attached hydrogen (secondary N) is 1. The van der Waals surface area contributed by atoms with Crippen LogP contribution in [0.3, 0.4) is 0 Å². The van der Waals surface area contributed by atoms with Crippen LogP contribution in [0.5, 0.6) is 11.5 Å². The molecule has 0 spiro atoms. The number of ether oxygens (including phenoxy) is 2. The second-order valence-electron chi connectivity index (χ2n) is 4.48. The third-order valence-corrected chi connectivity index (χ3v) is 4.06. The van der Waals surface area contributed by atoms with Crippen LogP contribution in [0.4, 0.5) is 0 Å². The second-order valence-corrected chi connectivity index (χ2v) is 6.32. The molecule has 0 fully saturated rings. The molecule has 0 aliphatic carbocycles. The lowest BCUT2D eigenvalue weighted by molar-refractivity contribution is 0.292. The smallest absolute Gasteiger partial charge is 0.175 e. The van der Waals surface area contributed by atoms with Gasteiger partial charge in [-0.1, -0.05) is 6.92 Å². The summed E-state index contributed by atoms with van der Waals surface area (Å²) in [6, 6.07) is 4.13. The quantitative estimate of drug-likeness (QED) is 0.635. The average molecular weight is 362 g/mol. The zero-order valence-corrected chi connectivity index (χ0v) is 14.9. The van der Waals surface area contributed by atoms with E-state index in [-0.39, 0.29) is 0 Å². The molecule has 1 aromatic rings. The summed E-state index contributed by atoms with van der Waals surface area (Å²) >= 11 is 5.45. The highest BCUT2D eigenvalue weighted by molar-refractivity contribution is 9.10. The Morgan fingerprint density at radius 2 is 2.15 bits per heavy atom. The predicted octanol–water partition coefficient (Wildman–Crippen LogP) is 4.09. The Morgan fingerprint density at radius 3 is 2.80 bits per heavy atom. The molecule has 0 atom stereocenters. The molecule has 0 aliphatic heterocycles. The lowest BCUT2D eigenvalue weighted by Gasteiger charge is -2.14. The minimum absolute atomic E-state index is 0.696. The molecule has 1 aromatic carbocycles. The van der Waals surface area contributed by atoms with Gasteiger partial charge in [0.2, 0.25) is 0 Å². The number of thioether (sulfide) groups is 1. The highest BCUT2D eigenvalue weighted by Crippen LogP contribution is 2.36. The molecule has 0 aliphatic rings. The van der Waals surface area contributed by atoms with Crippen molar-refractivity contribution >= 4 is 27.7 Å². The van der Waals surface area contributed by atoms with Gasteiger partial charge in [-0.15, -0.1) is 0 Å². The first kappa shape index (κ1) is 17.7. The molecule has 1 rings (SSSR count). The van der Waals surface area contributed by atoms with Gasteiger partial charge in [0, 0.05) is 6.54 Å². The van der Waals surface area contributed by atoms with Gasteiger partial charge in [0.15, 0.2) is 11.5 Å². The third-order valence-electron chi connectivity index (χ3n) is 2.77. The van der Waals surface area contributed by atoms with Gasteiger partial charge >= 0.3 is 0 Å². The molecule has 0 unspecified atom stereocenters. The number of hydrogen-bond acceptors (Lipinski definition) is 4. The van der Waals surface area contributed by atoms with Crippen LogP contribution in [0.2, 0.25) is 0 Å². The van der Waals surface area contributed by atoms with E-state index in [2.05, 4.69) is 40.5 Å². The maximum absolute atomic E-state index is 5.73. The van der Waals surface area contributed by atoms with Gasteiger partial charge in [-0.3, -0.25) is 0 Å². The summed E-state index contributed by atoms with van der Waals surface area (Å²) in [5.41, 5.74) is 1.20. The van der Waals surface area contributed by atoms with Gasteiger partial charge in [-0.25, -0.2) is 0 Å². The molecular weight excluding hydrogens is 338 g/mol. The molecule has 0 saturated carbocycles. The largest absolute Gasteiger partial charge is 0.493 e. The van der Waals surface area contributed by atoms with Crippen molar-refractivity contribution in [3.8, 4) is 11.5 Å². The summed E-state index contributed by atoms with van der Waals surface area (Å²) in [4.78, 5) is 0. The van der Waals surface area contributed by atoms with Crippen LogP contribution in [-0.2, 0) is 6.54 Å². The minimum atomic E-state index is 0.696. The Morgan fingerprint density at radius 1 is 1.35 bits per heavy atom. The van der Waals surface area contributed by atoms with Crippen molar-refractivity contribution in [2.45, 2.75) is 26.3 Å². The number of methoxy groups -OCH3 is 1. The molecule has 0 heterocycles. The van der Waals surface area contributed by atoms with Crippen LogP contribution in [-0.4, -0.2) is 32.3 Å². The Balaban J connectivity index is 2.62. The summed E-state index contributed by atoms with van der Waals surface area (Å²) in [7, 11) is 1.68. The van der Waals surface area contributed by atoms with Crippen molar-refractivity contribution in [1.29, 1.82) is 0 Å². The zero-order valence-electron chi connectivity index (χ0n) is 12.5. The van der Waals surface area contributed by atoms with Crippen LogP contribution in [0.15, 0.2) is 16.6 Å². The molecule has 0 bridgehead atoms. The highest BCUT2D eigenvalue weighted by Gasteiger charge is 2.11. The first-order valence-electron chi connectivity index (χ1n) is 6.91. The lowest BCUT2D eigenvalue weighted by atomic mass is 10.2. The number of benzene rings is 1. The number of halogens is 1. The fourth-order valence-electron chi connectivity index (χ4n) is 1.79. The zero-order chi connectivity index (χ0) is 14.8. The van der Waals surface area contributed by atoms with Gasteiger partial charge in [0.1, 0.15) is 0 Å². The molecule has 1 N–H and O–H groups in total. The summed E-state index contributed by atoms with van der Waals surface area (Å²) < 4.78 is 12.1. The molecular formula is C15H24BrNO2S. The minimum Gasteiger partial charge on any atom is -0.493 e. The van der Waals surface area contributed by atoms with E-state index in [0.717, 1.165) is 35.5 Å². The molecule has 5 heteroatoms. The van der Waals surface area contributed by atoms with Crippen LogP contribution >= 0.6 is 27.7 Å². The molecule has 3 nitrogen and oxygen atoms in total. The fraction of sp³-hybridized carbons (Fsp3) is 0.600. The molecule has 114 valence electrons. The van der Waals surface area contributed by atoms with Crippen molar-refractivity contribution in [2.75, 3.05) is 32.3 Å². The molecule has 20 heavy (non-hydrogen) atoms. The molecule has 0 aromatic heterocycles. The summed E-state index contributed by atoms with van der Waals surface area (Å²) in [6.07, 6.45) is 4.31. The van der Waals surface area contributed by atoms with Gasteiger partial charge in [0.25, 0.3) is 0 Å². The van der Waals surface area contributed by atoms with E-state index in [4.69, 9.17) is 9.47 Å². The first-order chi connectivity index (χ1) is 9.72. The fourth-order valence-corrected chi connectivity index (χ4v) is 2.83. The van der Waals surface area contributed by atoms with Crippen molar-refractivity contribution in [2.24, 2.45) is 0 Å². The van der Waals surface area contributed by atoms with Crippen molar-refractivity contribution in [1.82, 2.24) is 5.32 Å². The van der Waals surface area contributed by atoms with Crippen molar-refractivity contribution in [3.05, 3.63) is 22.2 Å². The SMILES string of the molecule is CCCOc1c(Br)cc(CNCCCSC)cc1OC. The van der Waals surface area contributed by atoms with Gasteiger partial charge in [0.05, 0.1) is 18.2 Å². The summed E-state index contributed by atoms with van der Waals surface area (Å²) in [5.74, 6) is 2.78. The van der Waals surface area contributed by atoms with Gasteiger partial charge in [-0.2, -0.15) is 11.8 Å². The Kier molecular flexibility index (Phi) is 9.14. The van der Waals surface area contributed by atoms with E-state index in [1.165, 1.54) is 17.7 Å². The first-order valence-corrected chi connectivity index (χ1v) is 9.10. The van der Waals surface area contributed by atoms with Crippen molar-refractivity contribution in [3.63, 3.8) is 0 Å². The highest BCUT2D eigenvalue weighted by atomic mass is 79.9. The van der Waals surface area contributed by atoms with Crippen LogP contribution in [0, 0.1) is 0 Å². The summed E-state index contributed by atoms with van der Waals surface area (Å²) in [5, 5.41) is 3.45. The van der Waals surface area contributed by atoms with Gasteiger partial charge < -0.3 is 14.8 Å². The van der Waals surface area contributed by atoms with E-state index in [1.807, 2.05) is 17.8 Å². The monoisotopic (exact) mass is 361 g/mol.